The van der Waals surface area contributed by atoms with Gasteiger partial charge in [0.15, 0.2) is 5.82 Å². The van der Waals surface area contributed by atoms with Crippen molar-refractivity contribution in [2.45, 2.75) is 18.4 Å². The fourth-order valence-electron chi connectivity index (χ4n) is 2.61. The lowest BCUT2D eigenvalue weighted by Gasteiger charge is -2.13. The number of methoxy groups -OCH3 is 2. The van der Waals surface area contributed by atoms with Crippen LogP contribution in [-0.4, -0.2) is 34.4 Å². The summed E-state index contributed by atoms with van der Waals surface area (Å²) in [7, 11) is 1.71. The van der Waals surface area contributed by atoms with Crippen LogP contribution in [-0.2, 0) is 17.5 Å². The predicted molar refractivity (Wildman–Crippen MR) is 119 cm³/mol. The maximum atomic E-state index is 12.4. The summed E-state index contributed by atoms with van der Waals surface area (Å²) < 4.78 is 25.9. The summed E-state index contributed by atoms with van der Waals surface area (Å²) in [5.41, 5.74) is 2.08. The number of urea groups is 1. The van der Waals surface area contributed by atoms with Crippen LogP contribution in [0.25, 0.3) is 0 Å². The van der Waals surface area contributed by atoms with Gasteiger partial charge in [0.2, 0.25) is 0 Å². The summed E-state index contributed by atoms with van der Waals surface area (Å²) in [6.45, 7) is 2.16. The van der Waals surface area contributed by atoms with Gasteiger partial charge in [-0.05, 0) is 48.9 Å². The van der Waals surface area contributed by atoms with Crippen molar-refractivity contribution >= 4 is 28.5 Å². The molecule has 0 aliphatic rings. The van der Waals surface area contributed by atoms with Crippen LogP contribution in [0.15, 0.2) is 59.8 Å². The van der Waals surface area contributed by atoms with E-state index in [1.807, 2.05) is 13.0 Å². The second kappa shape index (κ2) is 10.5. The standard InChI is InChI=1S/C21H23N5O4S/c1-14-11-23-20(13-22-14)26-21(27)25-18-9-4-15(10-19(18)30-3)12-24-31(28)17-7-5-16(29-2)6-8-17/h4-11,13,24H,12H2,1-3H3,(H2,23,25,26,27). The molecular formula is C21H23N5O4S. The van der Waals surface area contributed by atoms with Gasteiger partial charge in [0, 0.05) is 6.54 Å². The average Bonchev–Trinajstić information content (AvgIpc) is 2.79. The number of nitrogens with zero attached hydrogens (tertiary/aromatic N) is 2. The van der Waals surface area contributed by atoms with Gasteiger partial charge in [0.05, 0.1) is 42.9 Å². The van der Waals surface area contributed by atoms with E-state index in [0.29, 0.717) is 34.4 Å². The monoisotopic (exact) mass is 441 g/mol. The van der Waals surface area contributed by atoms with Crippen LogP contribution >= 0.6 is 0 Å². The molecule has 3 aromatic rings. The van der Waals surface area contributed by atoms with Crippen molar-refractivity contribution in [1.29, 1.82) is 0 Å². The molecule has 0 bridgehead atoms. The molecule has 1 unspecified atom stereocenters. The quantitative estimate of drug-likeness (QED) is 0.494. The molecule has 0 fully saturated rings. The number of anilines is 2. The van der Waals surface area contributed by atoms with Crippen LogP contribution < -0.4 is 24.8 Å². The van der Waals surface area contributed by atoms with E-state index in [4.69, 9.17) is 9.47 Å². The topological polar surface area (TPSA) is 114 Å². The first-order chi connectivity index (χ1) is 15.0. The Morgan fingerprint density at radius 1 is 1.00 bits per heavy atom. The Bertz CT molecular complexity index is 1060. The molecule has 9 nitrogen and oxygen atoms in total. The predicted octanol–water partition coefficient (Wildman–Crippen LogP) is 3.26. The number of hydrogen-bond acceptors (Lipinski definition) is 6. The number of carbonyl (C=O) groups is 1. The SMILES string of the molecule is COc1ccc(S(=O)NCc2ccc(NC(=O)Nc3cnc(C)cn3)c(OC)c2)cc1. The highest BCUT2D eigenvalue weighted by Crippen LogP contribution is 2.26. The molecule has 3 N–H and O–H groups in total. The van der Waals surface area contributed by atoms with Gasteiger partial charge in [-0.1, -0.05) is 6.07 Å². The highest BCUT2D eigenvalue weighted by atomic mass is 32.2. The summed E-state index contributed by atoms with van der Waals surface area (Å²) in [4.78, 5) is 21.0. The minimum Gasteiger partial charge on any atom is -0.497 e. The van der Waals surface area contributed by atoms with Crippen LogP contribution in [0.4, 0.5) is 16.3 Å². The number of aryl methyl sites for hydroxylation is 1. The fourth-order valence-corrected chi connectivity index (χ4v) is 3.46. The smallest absolute Gasteiger partial charge is 0.324 e. The molecule has 10 heteroatoms. The highest BCUT2D eigenvalue weighted by Gasteiger charge is 2.11. The number of hydrogen-bond donors (Lipinski definition) is 3. The zero-order valence-corrected chi connectivity index (χ0v) is 18.2. The van der Waals surface area contributed by atoms with Crippen LogP contribution in [0.2, 0.25) is 0 Å². The van der Waals surface area contributed by atoms with Crippen LogP contribution in [0, 0.1) is 6.92 Å². The largest absolute Gasteiger partial charge is 0.497 e. The van der Waals surface area contributed by atoms with Gasteiger partial charge < -0.3 is 14.8 Å². The second-order valence-electron chi connectivity index (χ2n) is 6.42. The lowest BCUT2D eigenvalue weighted by Crippen LogP contribution is -2.21. The fraction of sp³-hybridized carbons (Fsp3) is 0.190. The zero-order chi connectivity index (χ0) is 22.2. The molecule has 0 spiro atoms. The summed E-state index contributed by atoms with van der Waals surface area (Å²) >= 11 is 0. The van der Waals surface area contributed by atoms with Gasteiger partial charge >= 0.3 is 6.03 Å². The molecule has 0 saturated heterocycles. The third-order valence-corrected chi connectivity index (χ3v) is 5.32. The molecular weight excluding hydrogens is 418 g/mol. The van der Waals surface area contributed by atoms with Crippen molar-refractivity contribution in [3.63, 3.8) is 0 Å². The molecule has 1 heterocycles. The summed E-state index contributed by atoms with van der Waals surface area (Å²) in [6.07, 6.45) is 3.04. The third-order valence-electron chi connectivity index (χ3n) is 4.22. The van der Waals surface area contributed by atoms with Gasteiger partial charge in [-0.15, -0.1) is 0 Å². The number of ether oxygens (including phenoxy) is 2. The normalized spacial score (nSPS) is 11.5. The van der Waals surface area contributed by atoms with E-state index in [-0.39, 0.29) is 0 Å². The van der Waals surface area contributed by atoms with E-state index in [0.717, 1.165) is 11.3 Å². The van der Waals surface area contributed by atoms with E-state index in [2.05, 4.69) is 25.3 Å². The Morgan fingerprint density at radius 2 is 1.77 bits per heavy atom. The molecule has 1 atom stereocenters. The van der Waals surface area contributed by atoms with Crippen molar-refractivity contribution in [3.05, 3.63) is 66.1 Å². The Balaban J connectivity index is 1.60. The molecule has 0 aliphatic carbocycles. The number of nitrogens with one attached hydrogen (secondary N) is 3. The first kappa shape index (κ1) is 22.2. The highest BCUT2D eigenvalue weighted by molar-refractivity contribution is 7.83. The molecule has 0 aliphatic heterocycles. The summed E-state index contributed by atoms with van der Waals surface area (Å²) in [5, 5.41) is 5.33. The Hall–Kier alpha value is -3.50. The average molecular weight is 442 g/mol. The van der Waals surface area contributed by atoms with E-state index in [9.17, 15) is 9.00 Å². The first-order valence-electron chi connectivity index (χ1n) is 9.31. The lowest BCUT2D eigenvalue weighted by molar-refractivity contribution is 0.262. The number of carbonyl (C=O) groups excluding carboxylic acids is 1. The maximum Gasteiger partial charge on any atom is 0.324 e. The molecule has 2 aromatic carbocycles. The molecule has 1 aromatic heterocycles. The molecule has 2 amide bonds. The van der Waals surface area contributed by atoms with Crippen LogP contribution in [0.1, 0.15) is 11.3 Å². The molecule has 162 valence electrons. The van der Waals surface area contributed by atoms with Crippen molar-refractivity contribution in [2.75, 3.05) is 24.9 Å². The number of amides is 2. The van der Waals surface area contributed by atoms with Crippen molar-refractivity contribution < 1.29 is 18.5 Å². The molecule has 0 saturated carbocycles. The van der Waals surface area contributed by atoms with E-state index >= 15 is 0 Å². The van der Waals surface area contributed by atoms with Gasteiger partial charge in [-0.25, -0.2) is 18.7 Å². The van der Waals surface area contributed by atoms with Gasteiger partial charge in [-0.2, -0.15) is 0 Å². The number of rotatable bonds is 8. The summed E-state index contributed by atoms with van der Waals surface area (Å²) in [6, 6.07) is 11.8. The zero-order valence-electron chi connectivity index (χ0n) is 17.3. The number of aromatic nitrogens is 2. The van der Waals surface area contributed by atoms with E-state index in [1.165, 1.54) is 13.3 Å². The van der Waals surface area contributed by atoms with Crippen LogP contribution in [0.5, 0.6) is 11.5 Å². The third kappa shape index (κ3) is 6.24. The van der Waals surface area contributed by atoms with Gasteiger partial charge in [0.1, 0.15) is 22.5 Å². The van der Waals surface area contributed by atoms with Crippen molar-refractivity contribution in [3.8, 4) is 11.5 Å². The first-order valence-corrected chi connectivity index (χ1v) is 10.5. The second-order valence-corrected chi connectivity index (χ2v) is 7.72. The van der Waals surface area contributed by atoms with E-state index < -0.39 is 17.0 Å². The minimum absolute atomic E-state index is 0.337. The van der Waals surface area contributed by atoms with Crippen LogP contribution in [0.3, 0.4) is 0 Å². The minimum atomic E-state index is -1.38. The maximum absolute atomic E-state index is 12.4. The lowest BCUT2D eigenvalue weighted by atomic mass is 10.2. The Labute approximate surface area is 182 Å². The molecule has 31 heavy (non-hydrogen) atoms. The number of benzene rings is 2. The Morgan fingerprint density at radius 3 is 2.42 bits per heavy atom. The van der Waals surface area contributed by atoms with Crippen molar-refractivity contribution in [2.24, 2.45) is 0 Å². The summed E-state index contributed by atoms with van der Waals surface area (Å²) in [5.74, 6) is 1.51. The molecule has 3 rings (SSSR count). The van der Waals surface area contributed by atoms with Gasteiger partial charge in [0.25, 0.3) is 0 Å². The van der Waals surface area contributed by atoms with Crippen molar-refractivity contribution in [1.82, 2.24) is 14.7 Å². The Kier molecular flexibility index (Phi) is 7.52. The van der Waals surface area contributed by atoms with Gasteiger partial charge in [-0.3, -0.25) is 10.3 Å². The molecule has 0 radical (unpaired) electrons. The van der Waals surface area contributed by atoms with E-state index in [1.54, 1.807) is 49.7 Å².